The fourth-order valence-corrected chi connectivity index (χ4v) is 2.53. The second kappa shape index (κ2) is 7.57. The average Bonchev–Trinajstić information content (AvgIpc) is 3.07. The lowest BCUT2D eigenvalue weighted by atomic mass is 10.2. The van der Waals surface area contributed by atoms with Crippen LogP contribution in [0.2, 0.25) is 0 Å². The minimum Gasteiger partial charge on any atom is -0.451 e. The van der Waals surface area contributed by atoms with Gasteiger partial charge in [0.05, 0.1) is 0 Å². The molecular formula is C18H17N3O4. The zero-order valence-electron chi connectivity index (χ0n) is 13.5. The number of nitrogens with one attached hydrogen (secondary N) is 1. The number of aromatic nitrogens is 1. The van der Waals surface area contributed by atoms with E-state index in [-0.39, 0.29) is 11.6 Å². The standard InChI is InChI=1S/C18H17N3O4/c22-16(12-25-18(24)15-4-1-2-10-19-15)20-13-6-8-14(9-7-13)21-11-3-5-17(21)23/h1-2,4,6-10H,3,5,11-12H2,(H,20,22). The van der Waals surface area contributed by atoms with Gasteiger partial charge in [0.1, 0.15) is 5.69 Å². The first kappa shape index (κ1) is 16.6. The number of rotatable bonds is 5. The van der Waals surface area contributed by atoms with Gasteiger partial charge in [-0.2, -0.15) is 0 Å². The Morgan fingerprint density at radius 2 is 1.96 bits per heavy atom. The van der Waals surface area contributed by atoms with E-state index in [2.05, 4.69) is 10.3 Å². The number of anilines is 2. The maximum absolute atomic E-state index is 11.9. The Morgan fingerprint density at radius 1 is 1.16 bits per heavy atom. The third-order valence-electron chi connectivity index (χ3n) is 3.74. The molecular weight excluding hydrogens is 322 g/mol. The van der Waals surface area contributed by atoms with Crippen molar-refractivity contribution in [3.8, 4) is 0 Å². The van der Waals surface area contributed by atoms with Gasteiger partial charge < -0.3 is 15.0 Å². The van der Waals surface area contributed by atoms with Crippen molar-refractivity contribution < 1.29 is 19.1 Å². The molecule has 7 heteroatoms. The summed E-state index contributed by atoms with van der Waals surface area (Å²) in [5, 5.41) is 2.64. The van der Waals surface area contributed by atoms with Crippen molar-refractivity contribution in [2.24, 2.45) is 0 Å². The normalized spacial score (nSPS) is 13.6. The number of pyridine rings is 1. The predicted octanol–water partition coefficient (Wildman–Crippen LogP) is 2.00. The number of amides is 2. The van der Waals surface area contributed by atoms with Crippen molar-refractivity contribution in [1.29, 1.82) is 0 Å². The fraction of sp³-hybridized carbons (Fsp3) is 0.222. The fourth-order valence-electron chi connectivity index (χ4n) is 2.53. The summed E-state index contributed by atoms with van der Waals surface area (Å²) >= 11 is 0. The molecule has 2 aromatic rings. The third kappa shape index (κ3) is 4.20. The lowest BCUT2D eigenvalue weighted by Gasteiger charge is -2.16. The summed E-state index contributed by atoms with van der Waals surface area (Å²) in [5.74, 6) is -0.994. The molecule has 1 aliphatic heterocycles. The maximum Gasteiger partial charge on any atom is 0.357 e. The van der Waals surface area contributed by atoms with Gasteiger partial charge in [0.15, 0.2) is 6.61 Å². The van der Waals surface area contributed by atoms with E-state index >= 15 is 0 Å². The molecule has 0 aliphatic carbocycles. The highest BCUT2D eigenvalue weighted by molar-refractivity contribution is 5.97. The van der Waals surface area contributed by atoms with Gasteiger partial charge in [0.25, 0.3) is 5.91 Å². The van der Waals surface area contributed by atoms with Crippen LogP contribution in [0, 0.1) is 0 Å². The molecule has 25 heavy (non-hydrogen) atoms. The average molecular weight is 339 g/mol. The molecule has 1 aliphatic rings. The lowest BCUT2D eigenvalue weighted by molar-refractivity contribution is -0.119. The highest BCUT2D eigenvalue weighted by Gasteiger charge is 2.21. The van der Waals surface area contributed by atoms with Crippen LogP contribution in [0.3, 0.4) is 0 Å². The van der Waals surface area contributed by atoms with Gasteiger partial charge in [-0.05, 0) is 42.8 Å². The Kier molecular flexibility index (Phi) is 5.03. The second-order valence-corrected chi connectivity index (χ2v) is 5.54. The number of ether oxygens (including phenoxy) is 1. The molecule has 0 saturated carbocycles. The van der Waals surface area contributed by atoms with Crippen molar-refractivity contribution in [1.82, 2.24) is 4.98 Å². The molecule has 128 valence electrons. The molecule has 1 aromatic heterocycles. The molecule has 1 aromatic carbocycles. The topological polar surface area (TPSA) is 88.6 Å². The van der Waals surface area contributed by atoms with Crippen LogP contribution in [-0.2, 0) is 14.3 Å². The number of carbonyl (C=O) groups excluding carboxylic acids is 3. The van der Waals surface area contributed by atoms with Crippen LogP contribution in [0.25, 0.3) is 0 Å². The Labute approximate surface area is 144 Å². The molecule has 2 amide bonds. The summed E-state index contributed by atoms with van der Waals surface area (Å²) in [6, 6.07) is 11.8. The smallest absolute Gasteiger partial charge is 0.357 e. The highest BCUT2D eigenvalue weighted by atomic mass is 16.5. The van der Waals surface area contributed by atoms with E-state index in [9.17, 15) is 14.4 Å². The van der Waals surface area contributed by atoms with Gasteiger partial charge in [-0.3, -0.25) is 9.59 Å². The number of carbonyl (C=O) groups is 3. The molecule has 1 saturated heterocycles. The van der Waals surface area contributed by atoms with Crippen LogP contribution in [0.15, 0.2) is 48.7 Å². The van der Waals surface area contributed by atoms with E-state index in [1.165, 1.54) is 12.3 Å². The van der Waals surface area contributed by atoms with Crippen molar-refractivity contribution in [3.05, 3.63) is 54.4 Å². The molecule has 0 spiro atoms. The first-order valence-corrected chi connectivity index (χ1v) is 7.92. The van der Waals surface area contributed by atoms with Crippen LogP contribution < -0.4 is 10.2 Å². The molecule has 0 radical (unpaired) electrons. The second-order valence-electron chi connectivity index (χ2n) is 5.54. The lowest BCUT2D eigenvalue weighted by Crippen LogP contribution is -2.24. The summed E-state index contributed by atoms with van der Waals surface area (Å²) in [6.07, 6.45) is 2.91. The molecule has 0 atom stereocenters. The number of benzene rings is 1. The summed E-state index contributed by atoms with van der Waals surface area (Å²) in [7, 11) is 0. The summed E-state index contributed by atoms with van der Waals surface area (Å²) in [4.78, 5) is 40.9. The number of nitrogens with zero attached hydrogens (tertiary/aromatic N) is 2. The van der Waals surface area contributed by atoms with E-state index < -0.39 is 18.5 Å². The van der Waals surface area contributed by atoms with Crippen molar-refractivity contribution in [3.63, 3.8) is 0 Å². The van der Waals surface area contributed by atoms with Crippen LogP contribution >= 0.6 is 0 Å². The van der Waals surface area contributed by atoms with Gasteiger partial charge in [-0.1, -0.05) is 6.07 Å². The Hall–Kier alpha value is -3.22. The first-order valence-electron chi connectivity index (χ1n) is 7.92. The molecule has 0 unspecified atom stereocenters. The van der Waals surface area contributed by atoms with E-state index in [4.69, 9.17) is 4.74 Å². The Balaban J connectivity index is 1.51. The van der Waals surface area contributed by atoms with Crippen molar-refractivity contribution in [2.45, 2.75) is 12.8 Å². The van der Waals surface area contributed by atoms with Crippen LogP contribution in [0.1, 0.15) is 23.3 Å². The minimum absolute atomic E-state index is 0.109. The van der Waals surface area contributed by atoms with Crippen LogP contribution in [-0.4, -0.2) is 35.9 Å². The SMILES string of the molecule is O=C(COC(=O)c1ccccn1)Nc1ccc(N2CCCC2=O)cc1. The van der Waals surface area contributed by atoms with Crippen LogP contribution in [0.5, 0.6) is 0 Å². The van der Waals surface area contributed by atoms with Gasteiger partial charge >= 0.3 is 5.97 Å². The number of hydrogen-bond acceptors (Lipinski definition) is 5. The summed E-state index contributed by atoms with van der Waals surface area (Å²) in [5.41, 5.74) is 1.52. The van der Waals surface area contributed by atoms with Gasteiger partial charge in [-0.25, -0.2) is 9.78 Å². The largest absolute Gasteiger partial charge is 0.451 e. The predicted molar refractivity (Wildman–Crippen MR) is 91.2 cm³/mol. The molecule has 1 fully saturated rings. The van der Waals surface area contributed by atoms with E-state index in [1.54, 1.807) is 41.3 Å². The Bertz CT molecular complexity index is 775. The number of esters is 1. The number of hydrogen-bond donors (Lipinski definition) is 1. The van der Waals surface area contributed by atoms with Gasteiger partial charge in [0, 0.05) is 30.5 Å². The summed E-state index contributed by atoms with van der Waals surface area (Å²) < 4.78 is 4.91. The minimum atomic E-state index is -0.654. The molecule has 0 bridgehead atoms. The quantitative estimate of drug-likeness (QED) is 0.842. The third-order valence-corrected chi connectivity index (χ3v) is 3.74. The zero-order chi connectivity index (χ0) is 17.6. The highest BCUT2D eigenvalue weighted by Crippen LogP contribution is 2.22. The summed E-state index contributed by atoms with van der Waals surface area (Å²) in [6.45, 7) is 0.315. The molecule has 2 heterocycles. The van der Waals surface area contributed by atoms with E-state index in [0.29, 0.717) is 18.7 Å². The van der Waals surface area contributed by atoms with Gasteiger partial charge in [-0.15, -0.1) is 0 Å². The maximum atomic E-state index is 11.9. The van der Waals surface area contributed by atoms with Crippen LogP contribution in [0.4, 0.5) is 11.4 Å². The van der Waals surface area contributed by atoms with Crippen molar-refractivity contribution in [2.75, 3.05) is 23.4 Å². The van der Waals surface area contributed by atoms with E-state index in [1.807, 2.05) is 0 Å². The van der Waals surface area contributed by atoms with Gasteiger partial charge in [0.2, 0.25) is 5.91 Å². The molecule has 7 nitrogen and oxygen atoms in total. The molecule has 1 N–H and O–H groups in total. The molecule has 3 rings (SSSR count). The van der Waals surface area contributed by atoms with E-state index in [0.717, 1.165) is 12.1 Å². The Morgan fingerprint density at radius 3 is 2.60 bits per heavy atom. The van der Waals surface area contributed by atoms with Crippen molar-refractivity contribution >= 4 is 29.2 Å². The first-order chi connectivity index (χ1) is 12.1. The zero-order valence-corrected chi connectivity index (χ0v) is 13.5. The monoisotopic (exact) mass is 339 g/mol.